The van der Waals surface area contributed by atoms with Crippen molar-refractivity contribution in [2.45, 2.75) is 39.7 Å². The first kappa shape index (κ1) is 13.7. The molecule has 1 aromatic carbocycles. The van der Waals surface area contributed by atoms with E-state index >= 15 is 0 Å². The summed E-state index contributed by atoms with van der Waals surface area (Å²) in [4.78, 5) is 12.2. The maximum atomic E-state index is 12.2. The van der Waals surface area contributed by atoms with Gasteiger partial charge in [-0.2, -0.15) is 0 Å². The second-order valence-electron chi connectivity index (χ2n) is 4.51. The van der Waals surface area contributed by atoms with Crippen LogP contribution in [0.25, 0.3) is 0 Å². The van der Waals surface area contributed by atoms with E-state index in [1.165, 1.54) is 0 Å². The number of hydrogen-bond acceptors (Lipinski definition) is 2. The summed E-state index contributed by atoms with van der Waals surface area (Å²) in [6.45, 7) is 7.71. The van der Waals surface area contributed by atoms with Crippen molar-refractivity contribution in [2.24, 2.45) is 0 Å². The molecule has 0 aliphatic heterocycles. The summed E-state index contributed by atoms with van der Waals surface area (Å²) in [5.74, 6) is -0.0973. The van der Waals surface area contributed by atoms with Gasteiger partial charge >= 0.3 is 0 Å². The van der Waals surface area contributed by atoms with Gasteiger partial charge in [-0.1, -0.05) is 25.1 Å². The van der Waals surface area contributed by atoms with Gasteiger partial charge in [0.25, 0.3) is 5.91 Å². The first-order valence-corrected chi connectivity index (χ1v) is 5.87. The molecular weight excluding hydrogens is 214 g/mol. The molecule has 1 unspecified atom stereocenters. The maximum absolute atomic E-state index is 12.2. The minimum atomic E-state index is -0.769. The normalized spacial score (nSPS) is 14.2. The molecular formula is C14H21NO2. The summed E-state index contributed by atoms with van der Waals surface area (Å²) in [6, 6.07) is 5.95. The summed E-state index contributed by atoms with van der Waals surface area (Å²) in [5, 5.41) is 2.96. The average Bonchev–Trinajstić information content (AvgIpc) is 2.32. The van der Waals surface area contributed by atoms with Gasteiger partial charge in [-0.15, -0.1) is 0 Å². The van der Waals surface area contributed by atoms with E-state index in [2.05, 4.69) is 5.32 Å². The van der Waals surface area contributed by atoms with E-state index in [0.29, 0.717) is 6.42 Å². The van der Waals surface area contributed by atoms with Crippen LogP contribution in [0.5, 0.6) is 0 Å². The van der Waals surface area contributed by atoms with Gasteiger partial charge in [0.05, 0.1) is 0 Å². The predicted molar refractivity (Wildman–Crippen MR) is 70.3 cm³/mol. The van der Waals surface area contributed by atoms with Crippen molar-refractivity contribution in [2.75, 3.05) is 12.4 Å². The van der Waals surface area contributed by atoms with Crippen LogP contribution in [0.2, 0.25) is 0 Å². The molecule has 0 aliphatic rings. The summed E-state index contributed by atoms with van der Waals surface area (Å²) in [5.41, 5.74) is 2.24. The van der Waals surface area contributed by atoms with Crippen LogP contribution < -0.4 is 5.32 Å². The first-order chi connectivity index (χ1) is 7.94. The second kappa shape index (κ2) is 5.32. The van der Waals surface area contributed by atoms with Crippen LogP contribution in [0.3, 0.4) is 0 Å². The average molecular weight is 235 g/mol. The molecule has 17 heavy (non-hydrogen) atoms. The number of rotatable bonds is 4. The van der Waals surface area contributed by atoms with Gasteiger partial charge in [0.2, 0.25) is 0 Å². The van der Waals surface area contributed by atoms with E-state index in [-0.39, 0.29) is 5.91 Å². The fourth-order valence-corrected chi connectivity index (χ4v) is 1.65. The molecule has 0 saturated carbocycles. The van der Waals surface area contributed by atoms with Crippen LogP contribution in [-0.4, -0.2) is 18.6 Å². The third-order valence-electron chi connectivity index (χ3n) is 3.33. The summed E-state index contributed by atoms with van der Waals surface area (Å²) in [7, 11) is 1.56. The molecule has 0 bridgehead atoms. The monoisotopic (exact) mass is 235 g/mol. The number of ether oxygens (including phenoxy) is 1. The molecule has 1 N–H and O–H groups in total. The zero-order valence-electron chi connectivity index (χ0n) is 11.3. The Hall–Kier alpha value is -1.35. The van der Waals surface area contributed by atoms with Crippen molar-refractivity contribution < 1.29 is 9.53 Å². The van der Waals surface area contributed by atoms with Crippen LogP contribution in [0, 0.1) is 13.8 Å². The number of anilines is 1. The molecule has 0 radical (unpaired) electrons. The summed E-state index contributed by atoms with van der Waals surface area (Å²) < 4.78 is 5.29. The fraction of sp³-hybridized carbons (Fsp3) is 0.500. The van der Waals surface area contributed by atoms with Gasteiger partial charge in [-0.3, -0.25) is 4.79 Å². The molecule has 1 rings (SSSR count). The SMILES string of the molecule is CCC(C)(OC)C(=O)Nc1c(C)cccc1C. The third-order valence-corrected chi connectivity index (χ3v) is 3.33. The number of methoxy groups -OCH3 is 1. The lowest BCUT2D eigenvalue weighted by Crippen LogP contribution is -2.41. The molecule has 0 fully saturated rings. The molecule has 0 spiro atoms. The molecule has 3 heteroatoms. The van der Waals surface area contributed by atoms with Crippen LogP contribution >= 0.6 is 0 Å². The molecule has 0 aromatic heterocycles. The molecule has 3 nitrogen and oxygen atoms in total. The van der Waals surface area contributed by atoms with E-state index < -0.39 is 5.60 Å². The molecule has 0 saturated heterocycles. The van der Waals surface area contributed by atoms with Gasteiger partial charge in [0.15, 0.2) is 0 Å². The van der Waals surface area contributed by atoms with E-state index in [1.807, 2.05) is 39.0 Å². The summed E-state index contributed by atoms with van der Waals surface area (Å²) in [6.07, 6.45) is 0.639. The molecule has 0 heterocycles. The lowest BCUT2D eigenvalue weighted by molar-refractivity contribution is -0.136. The molecule has 1 amide bonds. The van der Waals surface area contributed by atoms with Crippen molar-refractivity contribution in [3.63, 3.8) is 0 Å². The number of carbonyl (C=O) groups excluding carboxylic acids is 1. The van der Waals surface area contributed by atoms with Gasteiger partial charge in [-0.25, -0.2) is 0 Å². The van der Waals surface area contributed by atoms with Crippen LogP contribution in [0.4, 0.5) is 5.69 Å². The largest absolute Gasteiger partial charge is 0.369 e. The van der Waals surface area contributed by atoms with Gasteiger partial charge in [0.1, 0.15) is 5.60 Å². The Labute approximate surface area is 103 Å². The van der Waals surface area contributed by atoms with Gasteiger partial charge in [-0.05, 0) is 38.3 Å². The van der Waals surface area contributed by atoms with Crippen LogP contribution in [0.15, 0.2) is 18.2 Å². The first-order valence-electron chi connectivity index (χ1n) is 5.87. The van der Waals surface area contributed by atoms with Crippen molar-refractivity contribution in [1.29, 1.82) is 0 Å². The predicted octanol–water partition coefficient (Wildman–Crippen LogP) is 3.06. The number of para-hydroxylation sites is 1. The Morgan fingerprint density at radius 2 is 1.88 bits per heavy atom. The maximum Gasteiger partial charge on any atom is 0.256 e. The number of nitrogens with one attached hydrogen (secondary N) is 1. The lowest BCUT2D eigenvalue weighted by Gasteiger charge is -2.26. The van der Waals surface area contributed by atoms with Crippen molar-refractivity contribution in [1.82, 2.24) is 0 Å². The van der Waals surface area contributed by atoms with Crippen LogP contribution in [-0.2, 0) is 9.53 Å². The minimum absolute atomic E-state index is 0.0973. The minimum Gasteiger partial charge on any atom is -0.369 e. The topological polar surface area (TPSA) is 38.3 Å². The molecule has 0 aliphatic carbocycles. The second-order valence-corrected chi connectivity index (χ2v) is 4.51. The zero-order chi connectivity index (χ0) is 13.1. The lowest BCUT2D eigenvalue weighted by atomic mass is 10.0. The van der Waals surface area contributed by atoms with E-state index in [9.17, 15) is 4.79 Å². The standard InChI is InChI=1S/C14H21NO2/c1-6-14(4,17-5)13(16)15-12-10(2)8-7-9-11(12)3/h7-9H,6H2,1-5H3,(H,15,16). The van der Waals surface area contributed by atoms with E-state index in [0.717, 1.165) is 16.8 Å². The highest BCUT2D eigenvalue weighted by atomic mass is 16.5. The van der Waals surface area contributed by atoms with Crippen LogP contribution in [0.1, 0.15) is 31.4 Å². The van der Waals surface area contributed by atoms with Crippen molar-refractivity contribution in [3.05, 3.63) is 29.3 Å². The van der Waals surface area contributed by atoms with E-state index in [1.54, 1.807) is 14.0 Å². The smallest absolute Gasteiger partial charge is 0.256 e. The van der Waals surface area contributed by atoms with Crippen molar-refractivity contribution >= 4 is 11.6 Å². The number of benzene rings is 1. The molecule has 94 valence electrons. The Balaban J connectivity index is 2.96. The number of aryl methyl sites for hydroxylation is 2. The Morgan fingerprint density at radius 3 is 2.29 bits per heavy atom. The highest BCUT2D eigenvalue weighted by Crippen LogP contribution is 2.23. The summed E-state index contributed by atoms with van der Waals surface area (Å²) >= 11 is 0. The quantitative estimate of drug-likeness (QED) is 0.871. The fourth-order valence-electron chi connectivity index (χ4n) is 1.65. The number of carbonyl (C=O) groups is 1. The molecule has 1 atom stereocenters. The Morgan fingerprint density at radius 1 is 1.35 bits per heavy atom. The zero-order valence-corrected chi connectivity index (χ0v) is 11.3. The van der Waals surface area contributed by atoms with Crippen molar-refractivity contribution in [3.8, 4) is 0 Å². The number of hydrogen-bond donors (Lipinski definition) is 1. The Kier molecular flexibility index (Phi) is 4.29. The van der Waals surface area contributed by atoms with Gasteiger partial charge in [0, 0.05) is 12.8 Å². The third kappa shape index (κ3) is 2.86. The number of amides is 1. The highest BCUT2D eigenvalue weighted by molar-refractivity contribution is 5.98. The van der Waals surface area contributed by atoms with E-state index in [4.69, 9.17) is 4.74 Å². The highest BCUT2D eigenvalue weighted by Gasteiger charge is 2.31. The Bertz CT molecular complexity index is 388. The van der Waals surface area contributed by atoms with Gasteiger partial charge < -0.3 is 10.1 Å². The molecule has 1 aromatic rings.